The smallest absolute Gasteiger partial charge is 0.332 e. The van der Waals surface area contributed by atoms with Crippen LogP contribution >= 0.6 is 0 Å². The molecule has 0 aliphatic carbocycles. The van der Waals surface area contributed by atoms with E-state index < -0.39 is 5.69 Å². The third kappa shape index (κ3) is 2.94. The SMILES string of the molecule is COc1ccc(-c2cn3c4c(=O)n(C)c(=O)n(C)c4nc3n2CCCCO)cc1. The number of aromatic nitrogens is 5. The molecule has 152 valence electrons. The summed E-state index contributed by atoms with van der Waals surface area (Å²) in [4.78, 5) is 29.7. The van der Waals surface area contributed by atoms with Gasteiger partial charge in [-0.1, -0.05) is 0 Å². The molecule has 3 heterocycles. The summed E-state index contributed by atoms with van der Waals surface area (Å²) in [6.45, 7) is 0.733. The molecule has 0 saturated heterocycles. The molecular weight excluding hydrogens is 374 g/mol. The minimum atomic E-state index is -0.412. The van der Waals surface area contributed by atoms with E-state index in [4.69, 9.17) is 4.74 Å². The van der Waals surface area contributed by atoms with Crippen LogP contribution in [-0.4, -0.2) is 41.9 Å². The van der Waals surface area contributed by atoms with Crippen molar-refractivity contribution in [1.29, 1.82) is 0 Å². The number of methoxy groups -OCH3 is 1. The molecule has 0 bridgehead atoms. The maximum Gasteiger partial charge on any atom is 0.332 e. The predicted molar refractivity (Wildman–Crippen MR) is 109 cm³/mol. The molecule has 0 atom stereocenters. The monoisotopic (exact) mass is 397 g/mol. The van der Waals surface area contributed by atoms with Crippen LogP contribution in [0.1, 0.15) is 12.8 Å². The van der Waals surface area contributed by atoms with Crippen LogP contribution in [-0.2, 0) is 20.6 Å². The van der Waals surface area contributed by atoms with Gasteiger partial charge >= 0.3 is 5.69 Å². The highest BCUT2D eigenvalue weighted by molar-refractivity contribution is 5.78. The number of aliphatic hydroxyl groups is 1. The van der Waals surface area contributed by atoms with Crippen molar-refractivity contribution in [3.63, 3.8) is 0 Å². The van der Waals surface area contributed by atoms with Crippen LogP contribution in [0.5, 0.6) is 5.75 Å². The molecule has 4 aromatic rings. The molecule has 0 amide bonds. The van der Waals surface area contributed by atoms with Crippen molar-refractivity contribution < 1.29 is 9.84 Å². The van der Waals surface area contributed by atoms with E-state index in [0.29, 0.717) is 29.9 Å². The minimum Gasteiger partial charge on any atom is -0.497 e. The molecule has 0 radical (unpaired) electrons. The molecule has 1 N–H and O–H groups in total. The average molecular weight is 397 g/mol. The van der Waals surface area contributed by atoms with E-state index in [1.165, 1.54) is 11.6 Å². The first-order valence-electron chi connectivity index (χ1n) is 9.40. The number of hydrogen-bond donors (Lipinski definition) is 1. The number of ether oxygens (including phenoxy) is 1. The molecule has 1 aromatic carbocycles. The Morgan fingerprint density at radius 3 is 2.45 bits per heavy atom. The van der Waals surface area contributed by atoms with Gasteiger partial charge in [-0.05, 0) is 37.1 Å². The van der Waals surface area contributed by atoms with Crippen molar-refractivity contribution in [3.05, 3.63) is 51.3 Å². The minimum absolute atomic E-state index is 0.112. The molecule has 0 saturated carbocycles. The van der Waals surface area contributed by atoms with Crippen molar-refractivity contribution in [2.75, 3.05) is 13.7 Å². The quantitative estimate of drug-likeness (QED) is 0.492. The van der Waals surface area contributed by atoms with Gasteiger partial charge in [0.1, 0.15) is 5.75 Å². The van der Waals surface area contributed by atoms with Gasteiger partial charge in [0, 0.05) is 39.0 Å². The van der Waals surface area contributed by atoms with Gasteiger partial charge in [-0.15, -0.1) is 0 Å². The summed E-state index contributed by atoms with van der Waals surface area (Å²) in [5, 5.41) is 9.17. The molecule has 0 fully saturated rings. The lowest BCUT2D eigenvalue weighted by Gasteiger charge is -2.09. The van der Waals surface area contributed by atoms with Crippen molar-refractivity contribution in [3.8, 4) is 17.0 Å². The first-order valence-corrected chi connectivity index (χ1v) is 9.40. The second-order valence-electron chi connectivity index (χ2n) is 6.98. The number of aliphatic hydroxyl groups excluding tert-OH is 1. The third-order valence-electron chi connectivity index (χ3n) is 5.23. The standard InChI is InChI=1S/C20H23N5O4/c1-22-17-16(18(27)23(2)20(22)28)25-12-15(13-6-8-14(29-3)9-7-13)24(19(25)21-17)10-4-5-11-26/h6-9,12,26H,4-5,10-11H2,1-3H3. The van der Waals surface area contributed by atoms with E-state index in [-0.39, 0.29) is 12.2 Å². The number of unbranched alkanes of at least 4 members (excludes halogenated alkanes) is 1. The van der Waals surface area contributed by atoms with Crippen LogP contribution in [0.25, 0.3) is 28.2 Å². The van der Waals surface area contributed by atoms with E-state index in [2.05, 4.69) is 4.98 Å². The van der Waals surface area contributed by atoms with E-state index in [0.717, 1.165) is 28.0 Å². The lowest BCUT2D eigenvalue weighted by atomic mass is 10.1. The summed E-state index contributed by atoms with van der Waals surface area (Å²) in [5.41, 5.74) is 1.77. The number of imidazole rings is 2. The highest BCUT2D eigenvalue weighted by Gasteiger charge is 2.20. The Bertz CT molecular complexity index is 1310. The number of fused-ring (bicyclic) bond motifs is 3. The second kappa shape index (κ2) is 7.25. The van der Waals surface area contributed by atoms with Crippen molar-refractivity contribution >= 4 is 16.9 Å². The highest BCUT2D eigenvalue weighted by Crippen LogP contribution is 2.27. The summed E-state index contributed by atoms with van der Waals surface area (Å²) in [5.74, 6) is 1.34. The average Bonchev–Trinajstić information content (AvgIpc) is 3.28. The zero-order chi connectivity index (χ0) is 20.7. The number of benzene rings is 1. The van der Waals surface area contributed by atoms with E-state index in [9.17, 15) is 14.7 Å². The molecule has 29 heavy (non-hydrogen) atoms. The Balaban J connectivity index is 2.01. The van der Waals surface area contributed by atoms with E-state index >= 15 is 0 Å². The summed E-state index contributed by atoms with van der Waals surface area (Å²) in [6.07, 6.45) is 3.29. The first-order chi connectivity index (χ1) is 14.0. The van der Waals surface area contributed by atoms with Crippen LogP contribution < -0.4 is 16.0 Å². The van der Waals surface area contributed by atoms with Gasteiger partial charge in [0.25, 0.3) is 5.56 Å². The van der Waals surface area contributed by atoms with E-state index in [1.54, 1.807) is 18.6 Å². The summed E-state index contributed by atoms with van der Waals surface area (Å²) in [6, 6.07) is 7.66. The summed E-state index contributed by atoms with van der Waals surface area (Å²) in [7, 11) is 4.69. The van der Waals surface area contributed by atoms with Crippen LogP contribution in [0.15, 0.2) is 40.1 Å². The fourth-order valence-electron chi connectivity index (χ4n) is 3.61. The van der Waals surface area contributed by atoms with Crippen molar-refractivity contribution in [1.82, 2.24) is 23.1 Å². The fourth-order valence-corrected chi connectivity index (χ4v) is 3.61. The van der Waals surface area contributed by atoms with Crippen molar-refractivity contribution in [2.45, 2.75) is 19.4 Å². The van der Waals surface area contributed by atoms with Gasteiger partial charge < -0.3 is 14.4 Å². The van der Waals surface area contributed by atoms with Crippen LogP contribution in [0.3, 0.4) is 0 Å². The molecular formula is C20H23N5O4. The Morgan fingerprint density at radius 2 is 1.79 bits per heavy atom. The highest BCUT2D eigenvalue weighted by atomic mass is 16.5. The Kier molecular flexibility index (Phi) is 4.75. The Labute approximate surface area is 166 Å². The third-order valence-corrected chi connectivity index (χ3v) is 5.23. The molecule has 0 unspecified atom stereocenters. The van der Waals surface area contributed by atoms with Gasteiger partial charge in [0.15, 0.2) is 11.2 Å². The van der Waals surface area contributed by atoms with E-state index in [1.807, 2.05) is 35.0 Å². The molecule has 4 rings (SSSR count). The number of aryl methyl sites for hydroxylation is 2. The number of rotatable bonds is 6. The van der Waals surface area contributed by atoms with Crippen LogP contribution in [0.4, 0.5) is 0 Å². The molecule has 3 aromatic heterocycles. The number of nitrogens with zero attached hydrogens (tertiary/aromatic N) is 5. The van der Waals surface area contributed by atoms with Gasteiger partial charge in [-0.3, -0.25) is 18.3 Å². The maximum absolute atomic E-state index is 12.8. The number of hydrogen-bond acceptors (Lipinski definition) is 5. The lowest BCUT2D eigenvalue weighted by Crippen LogP contribution is -2.37. The zero-order valence-electron chi connectivity index (χ0n) is 16.6. The predicted octanol–water partition coefficient (Wildman–Crippen LogP) is 1.13. The molecule has 9 heteroatoms. The Hall–Kier alpha value is -3.33. The van der Waals surface area contributed by atoms with Gasteiger partial charge in [-0.2, -0.15) is 4.98 Å². The molecule has 9 nitrogen and oxygen atoms in total. The molecule has 0 spiro atoms. The normalized spacial score (nSPS) is 11.6. The summed E-state index contributed by atoms with van der Waals surface area (Å²) < 4.78 is 11.5. The van der Waals surface area contributed by atoms with Crippen LogP contribution in [0.2, 0.25) is 0 Å². The Morgan fingerprint density at radius 1 is 1.07 bits per heavy atom. The largest absolute Gasteiger partial charge is 0.497 e. The topological polar surface area (TPSA) is 95.7 Å². The maximum atomic E-state index is 12.8. The molecule has 0 aliphatic heterocycles. The second-order valence-corrected chi connectivity index (χ2v) is 6.98. The fraction of sp³-hybridized carbons (Fsp3) is 0.350. The molecule has 0 aliphatic rings. The van der Waals surface area contributed by atoms with Gasteiger partial charge in [-0.25, -0.2) is 4.79 Å². The lowest BCUT2D eigenvalue weighted by molar-refractivity contribution is 0.281. The van der Waals surface area contributed by atoms with Gasteiger partial charge in [0.05, 0.1) is 12.8 Å². The summed E-state index contributed by atoms with van der Waals surface area (Å²) >= 11 is 0. The van der Waals surface area contributed by atoms with Crippen LogP contribution in [0, 0.1) is 0 Å². The van der Waals surface area contributed by atoms with Gasteiger partial charge in [0.2, 0.25) is 5.78 Å². The van der Waals surface area contributed by atoms with Crippen molar-refractivity contribution in [2.24, 2.45) is 14.1 Å². The first kappa shape index (κ1) is 19.0. The zero-order valence-corrected chi connectivity index (χ0v) is 16.6.